The maximum absolute atomic E-state index is 11.0. The molecule has 3 N–H and O–H groups in total. The number of aliphatic hydroxyl groups is 1. The van der Waals surface area contributed by atoms with Crippen LogP contribution in [0, 0.1) is 4.91 Å². The number of aliphatic hydroxyl groups excluding tert-OH is 1. The molecule has 6 heteroatoms. The molecule has 0 radical (unpaired) electrons. The summed E-state index contributed by atoms with van der Waals surface area (Å²) in [5.41, 5.74) is 7.46. The number of anilines is 1. The molecule has 19 heavy (non-hydrogen) atoms. The van der Waals surface area contributed by atoms with Crippen molar-refractivity contribution in [3.8, 4) is 0 Å². The standard InChI is InChI=1S/C13H18BrN3O2/c14-10-1-6-13(15)9(7-10)8-17(16-19)11-2-4-12(18)5-3-11/h1,6-7,11-12,18H,2-5,8,15H2. The summed E-state index contributed by atoms with van der Waals surface area (Å²) < 4.78 is 0.932. The molecule has 1 aliphatic carbocycles. The van der Waals surface area contributed by atoms with E-state index in [1.54, 1.807) is 5.01 Å². The second-order valence-electron chi connectivity index (χ2n) is 4.98. The number of benzene rings is 1. The zero-order valence-electron chi connectivity index (χ0n) is 10.6. The zero-order chi connectivity index (χ0) is 13.8. The molecule has 0 aliphatic heterocycles. The number of halogens is 1. The van der Waals surface area contributed by atoms with Gasteiger partial charge in [-0.3, -0.25) is 5.01 Å². The Morgan fingerprint density at radius 2 is 2.05 bits per heavy atom. The normalized spacial score (nSPS) is 23.1. The summed E-state index contributed by atoms with van der Waals surface area (Å²) in [6.45, 7) is 0.412. The first kappa shape index (κ1) is 14.3. The van der Waals surface area contributed by atoms with E-state index in [1.165, 1.54) is 0 Å². The molecular weight excluding hydrogens is 310 g/mol. The van der Waals surface area contributed by atoms with Gasteiger partial charge >= 0.3 is 0 Å². The largest absolute Gasteiger partial charge is 0.398 e. The van der Waals surface area contributed by atoms with Gasteiger partial charge in [-0.1, -0.05) is 15.9 Å². The Labute approximate surface area is 120 Å². The van der Waals surface area contributed by atoms with E-state index in [0.29, 0.717) is 12.2 Å². The maximum Gasteiger partial charge on any atom is 0.0666 e. The summed E-state index contributed by atoms with van der Waals surface area (Å²) >= 11 is 3.40. The van der Waals surface area contributed by atoms with E-state index >= 15 is 0 Å². The first-order valence-corrected chi connectivity index (χ1v) is 7.21. The quantitative estimate of drug-likeness (QED) is 0.506. The molecule has 104 valence electrons. The van der Waals surface area contributed by atoms with E-state index in [4.69, 9.17) is 5.73 Å². The summed E-state index contributed by atoms with van der Waals surface area (Å²) in [5.74, 6) is 0. The van der Waals surface area contributed by atoms with E-state index in [9.17, 15) is 10.0 Å². The Hall–Kier alpha value is -1.14. The van der Waals surface area contributed by atoms with Crippen LogP contribution in [0.25, 0.3) is 0 Å². The average Bonchev–Trinajstić information content (AvgIpc) is 2.41. The molecule has 1 aromatic carbocycles. The van der Waals surface area contributed by atoms with Crippen LogP contribution in [0.2, 0.25) is 0 Å². The highest BCUT2D eigenvalue weighted by Crippen LogP contribution is 2.27. The second-order valence-corrected chi connectivity index (χ2v) is 5.90. The minimum absolute atomic E-state index is 0.0966. The van der Waals surface area contributed by atoms with Gasteiger partial charge in [-0.15, -0.1) is 4.91 Å². The lowest BCUT2D eigenvalue weighted by Crippen LogP contribution is -2.35. The summed E-state index contributed by atoms with van der Waals surface area (Å²) in [6.07, 6.45) is 2.80. The minimum atomic E-state index is -0.235. The number of nitrogen functional groups attached to an aromatic ring is 1. The monoisotopic (exact) mass is 327 g/mol. The smallest absolute Gasteiger partial charge is 0.0666 e. The lowest BCUT2D eigenvalue weighted by molar-refractivity contribution is 0.0709. The Bertz CT molecular complexity index is 448. The summed E-state index contributed by atoms with van der Waals surface area (Å²) in [5, 5.41) is 14.2. The van der Waals surface area contributed by atoms with E-state index in [0.717, 1.165) is 35.7 Å². The van der Waals surface area contributed by atoms with Gasteiger partial charge in [-0.2, -0.15) is 0 Å². The minimum Gasteiger partial charge on any atom is -0.398 e. The van der Waals surface area contributed by atoms with Crippen LogP contribution >= 0.6 is 15.9 Å². The third-order valence-electron chi connectivity index (χ3n) is 3.63. The molecule has 0 atom stereocenters. The molecular formula is C13H18BrN3O2. The van der Waals surface area contributed by atoms with E-state index < -0.39 is 0 Å². The highest BCUT2D eigenvalue weighted by atomic mass is 79.9. The van der Waals surface area contributed by atoms with Gasteiger partial charge in [0.05, 0.1) is 24.0 Å². The Kier molecular flexibility index (Phi) is 4.76. The van der Waals surface area contributed by atoms with Gasteiger partial charge in [0.25, 0.3) is 0 Å². The van der Waals surface area contributed by atoms with Crippen molar-refractivity contribution >= 4 is 21.6 Å². The second kappa shape index (κ2) is 6.34. The molecule has 1 fully saturated rings. The molecule has 0 spiro atoms. The first-order valence-electron chi connectivity index (χ1n) is 6.42. The zero-order valence-corrected chi connectivity index (χ0v) is 12.2. The molecule has 0 heterocycles. The van der Waals surface area contributed by atoms with Crippen LogP contribution in [0.3, 0.4) is 0 Å². The Morgan fingerprint density at radius 1 is 1.37 bits per heavy atom. The van der Waals surface area contributed by atoms with Gasteiger partial charge in [-0.25, -0.2) is 0 Å². The Balaban J connectivity index is 2.06. The molecule has 1 aliphatic rings. The van der Waals surface area contributed by atoms with Crippen LogP contribution in [0.5, 0.6) is 0 Å². The van der Waals surface area contributed by atoms with Crippen molar-refractivity contribution in [2.45, 2.75) is 44.4 Å². The number of nitrogens with two attached hydrogens (primary N) is 1. The summed E-state index contributed by atoms with van der Waals surface area (Å²) in [7, 11) is 0. The van der Waals surface area contributed by atoms with Gasteiger partial charge in [-0.05, 0) is 49.4 Å². The number of nitroso groups, excluding NO2 is 1. The lowest BCUT2D eigenvalue weighted by Gasteiger charge is -2.31. The predicted molar refractivity (Wildman–Crippen MR) is 78.2 cm³/mol. The highest BCUT2D eigenvalue weighted by Gasteiger charge is 2.25. The topological polar surface area (TPSA) is 78.9 Å². The number of hydrogen-bond donors (Lipinski definition) is 2. The summed E-state index contributed by atoms with van der Waals surface area (Å²) in [6, 6.07) is 5.69. The van der Waals surface area contributed by atoms with Crippen LogP contribution in [0.1, 0.15) is 31.2 Å². The fraction of sp³-hybridized carbons (Fsp3) is 0.538. The van der Waals surface area contributed by atoms with Gasteiger partial charge in [0, 0.05) is 10.2 Å². The first-order chi connectivity index (χ1) is 9.10. The van der Waals surface area contributed by atoms with Crippen molar-refractivity contribution < 1.29 is 5.11 Å². The molecule has 1 aromatic rings. The third kappa shape index (κ3) is 3.67. The van der Waals surface area contributed by atoms with Gasteiger partial charge < -0.3 is 10.8 Å². The average molecular weight is 328 g/mol. The fourth-order valence-electron chi connectivity index (χ4n) is 2.47. The van der Waals surface area contributed by atoms with Crippen molar-refractivity contribution in [2.24, 2.45) is 5.29 Å². The van der Waals surface area contributed by atoms with Crippen LogP contribution in [0.4, 0.5) is 5.69 Å². The van der Waals surface area contributed by atoms with E-state index in [2.05, 4.69) is 21.2 Å². The molecule has 0 unspecified atom stereocenters. The number of hydrogen-bond acceptors (Lipinski definition) is 4. The molecule has 0 amide bonds. The lowest BCUT2D eigenvalue weighted by atomic mass is 9.92. The van der Waals surface area contributed by atoms with Crippen molar-refractivity contribution in [3.63, 3.8) is 0 Å². The van der Waals surface area contributed by atoms with Gasteiger partial charge in [0.15, 0.2) is 0 Å². The van der Waals surface area contributed by atoms with Crippen LogP contribution < -0.4 is 5.73 Å². The van der Waals surface area contributed by atoms with Crippen molar-refractivity contribution in [2.75, 3.05) is 5.73 Å². The van der Waals surface area contributed by atoms with Crippen molar-refractivity contribution in [1.82, 2.24) is 5.01 Å². The molecule has 1 saturated carbocycles. The van der Waals surface area contributed by atoms with E-state index in [-0.39, 0.29) is 12.1 Å². The van der Waals surface area contributed by atoms with Crippen molar-refractivity contribution in [3.05, 3.63) is 33.1 Å². The van der Waals surface area contributed by atoms with E-state index in [1.807, 2.05) is 18.2 Å². The van der Waals surface area contributed by atoms with Crippen molar-refractivity contribution in [1.29, 1.82) is 0 Å². The molecule has 0 aromatic heterocycles. The molecule has 0 saturated heterocycles. The SMILES string of the molecule is Nc1ccc(Br)cc1CN(N=O)C1CCC(O)CC1. The molecule has 5 nitrogen and oxygen atoms in total. The third-order valence-corrected chi connectivity index (χ3v) is 4.12. The highest BCUT2D eigenvalue weighted by molar-refractivity contribution is 9.10. The van der Waals surface area contributed by atoms with Crippen LogP contribution in [-0.2, 0) is 6.54 Å². The van der Waals surface area contributed by atoms with Gasteiger partial charge in [0.1, 0.15) is 0 Å². The molecule has 2 rings (SSSR count). The van der Waals surface area contributed by atoms with Gasteiger partial charge in [0.2, 0.25) is 0 Å². The van der Waals surface area contributed by atoms with Crippen LogP contribution in [0.15, 0.2) is 28.0 Å². The predicted octanol–water partition coefficient (Wildman–Crippen LogP) is 2.82. The fourth-order valence-corrected chi connectivity index (χ4v) is 2.88. The number of nitrogens with zero attached hydrogens (tertiary/aromatic N) is 2. The Morgan fingerprint density at radius 3 is 2.68 bits per heavy atom. The summed E-state index contributed by atoms with van der Waals surface area (Å²) in [4.78, 5) is 11.0. The van der Waals surface area contributed by atoms with Crippen LogP contribution in [-0.4, -0.2) is 22.3 Å². The number of rotatable bonds is 4. The molecule has 0 bridgehead atoms. The maximum atomic E-state index is 11.0.